The molecule has 2 N–H and O–H groups in total. The van der Waals surface area contributed by atoms with Crippen molar-refractivity contribution in [3.05, 3.63) is 0 Å². The zero-order chi connectivity index (χ0) is 9.90. The first-order valence-electron chi connectivity index (χ1n) is 3.97. The van der Waals surface area contributed by atoms with Crippen LogP contribution in [0.2, 0.25) is 0 Å². The molecule has 0 saturated carbocycles. The molecule has 6 nitrogen and oxygen atoms in total. The van der Waals surface area contributed by atoms with Gasteiger partial charge >= 0.3 is 7.82 Å². The first-order chi connectivity index (χ1) is 5.97. The van der Waals surface area contributed by atoms with E-state index in [0.717, 1.165) is 6.54 Å². The maximum Gasteiger partial charge on any atom is 0.469 e. The molecule has 1 saturated heterocycles. The number of hydrogen-bond donors (Lipinski definition) is 2. The molecule has 1 rings (SSSR count). The fourth-order valence-corrected chi connectivity index (χ4v) is 1.51. The normalized spacial score (nSPS) is 26.2. The van der Waals surface area contributed by atoms with Crippen molar-refractivity contribution >= 4 is 7.82 Å². The Kier molecular flexibility index (Phi) is 3.85. The van der Waals surface area contributed by atoms with Gasteiger partial charge in [-0.05, 0) is 7.05 Å². The lowest BCUT2D eigenvalue weighted by Gasteiger charge is -2.29. The Hall–Kier alpha value is 0.0300. The fraction of sp³-hybridized carbons (Fsp3) is 1.00. The highest BCUT2D eigenvalue weighted by Crippen LogP contribution is 2.35. The van der Waals surface area contributed by atoms with Crippen molar-refractivity contribution in [2.45, 2.75) is 6.10 Å². The average molecular weight is 211 g/mol. The lowest BCUT2D eigenvalue weighted by Crippen LogP contribution is -2.42. The van der Waals surface area contributed by atoms with Crippen LogP contribution in [0.3, 0.4) is 0 Å². The van der Waals surface area contributed by atoms with Gasteiger partial charge in [0.1, 0.15) is 0 Å². The van der Waals surface area contributed by atoms with Gasteiger partial charge in [-0.3, -0.25) is 4.52 Å². The van der Waals surface area contributed by atoms with Gasteiger partial charge < -0.3 is 19.4 Å². The highest BCUT2D eigenvalue weighted by molar-refractivity contribution is 7.46. The van der Waals surface area contributed by atoms with E-state index in [4.69, 9.17) is 14.5 Å². The minimum atomic E-state index is -4.35. The number of phosphoric ester groups is 1. The molecular formula is C6H14NO5P. The minimum absolute atomic E-state index is 0.0609. The van der Waals surface area contributed by atoms with Crippen molar-refractivity contribution in [3.8, 4) is 0 Å². The van der Waals surface area contributed by atoms with E-state index in [2.05, 4.69) is 4.52 Å². The van der Waals surface area contributed by atoms with Crippen LogP contribution < -0.4 is 0 Å². The molecule has 0 radical (unpaired) electrons. The third-order valence-corrected chi connectivity index (χ3v) is 2.26. The molecule has 1 aliphatic heterocycles. The van der Waals surface area contributed by atoms with E-state index in [1.165, 1.54) is 0 Å². The van der Waals surface area contributed by atoms with Crippen LogP contribution in [0.15, 0.2) is 0 Å². The highest BCUT2D eigenvalue weighted by Gasteiger charge is 2.22. The summed E-state index contributed by atoms with van der Waals surface area (Å²) in [5.41, 5.74) is 0. The number of hydrogen-bond acceptors (Lipinski definition) is 4. The number of phosphoric acid groups is 1. The first kappa shape index (κ1) is 11.1. The molecule has 0 amide bonds. The van der Waals surface area contributed by atoms with Crippen LogP contribution in [-0.2, 0) is 13.8 Å². The van der Waals surface area contributed by atoms with E-state index in [9.17, 15) is 4.57 Å². The predicted molar refractivity (Wildman–Crippen MR) is 45.2 cm³/mol. The average Bonchev–Trinajstić information content (AvgIpc) is 2.00. The van der Waals surface area contributed by atoms with Gasteiger partial charge in [0.05, 0.1) is 19.3 Å². The van der Waals surface area contributed by atoms with E-state index in [0.29, 0.717) is 13.2 Å². The highest BCUT2D eigenvalue weighted by atomic mass is 31.2. The molecule has 1 atom stereocenters. The van der Waals surface area contributed by atoms with E-state index >= 15 is 0 Å². The summed E-state index contributed by atoms with van der Waals surface area (Å²) in [6.45, 7) is 1.99. The van der Waals surface area contributed by atoms with Crippen LogP contribution in [0.4, 0.5) is 0 Å². The van der Waals surface area contributed by atoms with Gasteiger partial charge in [-0.25, -0.2) is 4.57 Å². The van der Waals surface area contributed by atoms with Gasteiger partial charge in [0.25, 0.3) is 0 Å². The molecule has 13 heavy (non-hydrogen) atoms. The van der Waals surface area contributed by atoms with Crippen LogP contribution in [0, 0.1) is 0 Å². The van der Waals surface area contributed by atoms with Crippen molar-refractivity contribution in [1.82, 2.24) is 4.90 Å². The third kappa shape index (κ3) is 4.71. The van der Waals surface area contributed by atoms with Crippen LogP contribution in [0.5, 0.6) is 0 Å². The second kappa shape index (κ2) is 4.50. The molecule has 0 bridgehead atoms. The largest absolute Gasteiger partial charge is 0.469 e. The van der Waals surface area contributed by atoms with Gasteiger partial charge in [-0.2, -0.15) is 0 Å². The Morgan fingerprint density at radius 3 is 2.92 bits per heavy atom. The first-order valence-corrected chi connectivity index (χ1v) is 5.50. The lowest BCUT2D eigenvalue weighted by atomic mass is 10.3. The summed E-state index contributed by atoms with van der Waals surface area (Å²) in [6.07, 6.45) is -0.244. The Balaban J connectivity index is 2.25. The molecule has 0 aromatic rings. The Morgan fingerprint density at radius 2 is 2.38 bits per heavy atom. The maximum absolute atomic E-state index is 10.4. The second-order valence-electron chi connectivity index (χ2n) is 3.04. The van der Waals surface area contributed by atoms with Gasteiger partial charge in [-0.1, -0.05) is 0 Å². The van der Waals surface area contributed by atoms with Crippen molar-refractivity contribution in [2.75, 3.05) is 33.4 Å². The second-order valence-corrected chi connectivity index (χ2v) is 4.28. The number of nitrogens with zero attached hydrogens (tertiary/aromatic N) is 1. The smallest absolute Gasteiger partial charge is 0.373 e. The molecule has 0 spiro atoms. The molecule has 0 aliphatic carbocycles. The summed E-state index contributed by atoms with van der Waals surface area (Å²) >= 11 is 0. The van der Waals surface area contributed by atoms with Crippen molar-refractivity contribution in [1.29, 1.82) is 0 Å². The van der Waals surface area contributed by atoms with Crippen LogP contribution in [0.25, 0.3) is 0 Å². The third-order valence-electron chi connectivity index (χ3n) is 1.77. The summed E-state index contributed by atoms with van der Waals surface area (Å²) in [5.74, 6) is 0. The van der Waals surface area contributed by atoms with Crippen LogP contribution >= 0.6 is 7.82 Å². The van der Waals surface area contributed by atoms with Gasteiger partial charge in [0.15, 0.2) is 0 Å². The maximum atomic E-state index is 10.4. The monoisotopic (exact) mass is 211 g/mol. The van der Waals surface area contributed by atoms with Gasteiger partial charge in [0.2, 0.25) is 0 Å². The topological polar surface area (TPSA) is 79.2 Å². The quantitative estimate of drug-likeness (QED) is 0.608. The molecule has 0 aromatic carbocycles. The Labute approximate surface area is 76.7 Å². The Morgan fingerprint density at radius 1 is 1.69 bits per heavy atom. The standard InChI is InChI=1S/C6H14NO5P/c1-7-2-3-11-6(4-7)5-12-13(8,9)10/h6H,2-5H2,1H3,(H2,8,9,10). The SMILES string of the molecule is CN1CCOC(COP(=O)(O)O)C1. The molecule has 1 aliphatic rings. The molecule has 1 fully saturated rings. The van der Waals surface area contributed by atoms with Gasteiger partial charge in [0, 0.05) is 13.1 Å². The molecular weight excluding hydrogens is 197 g/mol. The lowest BCUT2D eigenvalue weighted by molar-refractivity contribution is -0.0446. The summed E-state index contributed by atoms with van der Waals surface area (Å²) in [7, 11) is -2.43. The molecule has 7 heteroatoms. The molecule has 0 aromatic heterocycles. The van der Waals surface area contributed by atoms with E-state index in [1.807, 2.05) is 11.9 Å². The van der Waals surface area contributed by atoms with E-state index in [1.54, 1.807) is 0 Å². The number of likely N-dealkylation sites (N-methyl/N-ethyl adjacent to an activating group) is 1. The summed E-state index contributed by atoms with van der Waals surface area (Å²) < 4.78 is 19.9. The summed E-state index contributed by atoms with van der Waals surface area (Å²) in [6, 6.07) is 0. The van der Waals surface area contributed by atoms with E-state index in [-0.39, 0.29) is 12.7 Å². The fourth-order valence-electron chi connectivity index (χ4n) is 1.15. The van der Waals surface area contributed by atoms with Crippen molar-refractivity contribution in [3.63, 3.8) is 0 Å². The predicted octanol–water partition coefficient (Wildman–Crippen LogP) is -0.574. The van der Waals surface area contributed by atoms with Gasteiger partial charge in [-0.15, -0.1) is 0 Å². The number of rotatable bonds is 3. The molecule has 1 unspecified atom stereocenters. The zero-order valence-electron chi connectivity index (χ0n) is 7.42. The van der Waals surface area contributed by atoms with Crippen molar-refractivity contribution < 1.29 is 23.6 Å². The number of ether oxygens (including phenoxy) is 1. The van der Waals surface area contributed by atoms with Crippen molar-refractivity contribution in [2.24, 2.45) is 0 Å². The van der Waals surface area contributed by atoms with E-state index < -0.39 is 7.82 Å². The summed E-state index contributed by atoms with van der Waals surface area (Å²) in [4.78, 5) is 18.9. The van der Waals surface area contributed by atoms with Crippen LogP contribution in [-0.4, -0.2) is 54.1 Å². The molecule has 78 valence electrons. The minimum Gasteiger partial charge on any atom is -0.373 e. The zero-order valence-corrected chi connectivity index (χ0v) is 8.31. The molecule has 1 heterocycles. The number of morpholine rings is 1. The summed E-state index contributed by atoms with van der Waals surface area (Å²) in [5, 5.41) is 0. The van der Waals surface area contributed by atoms with Crippen LogP contribution in [0.1, 0.15) is 0 Å². The Bertz CT molecular complexity index is 205.